The van der Waals surface area contributed by atoms with Crippen molar-refractivity contribution in [2.75, 3.05) is 19.7 Å². The van der Waals surface area contributed by atoms with Gasteiger partial charge >= 0.3 is 0 Å². The zero-order valence-corrected chi connectivity index (χ0v) is 8.04. The van der Waals surface area contributed by atoms with Gasteiger partial charge in [0.2, 0.25) is 6.41 Å². The molecule has 1 aliphatic rings. The number of ether oxygens (including phenoxy) is 1. The molecular weight excluding hydrogens is 154 g/mol. The van der Waals surface area contributed by atoms with Gasteiger partial charge in [0.15, 0.2) is 0 Å². The molecule has 1 saturated heterocycles. The second-order valence-corrected chi connectivity index (χ2v) is 4.33. The van der Waals surface area contributed by atoms with E-state index in [4.69, 9.17) is 4.74 Å². The van der Waals surface area contributed by atoms with Crippen LogP contribution in [0.4, 0.5) is 0 Å². The molecule has 0 N–H and O–H groups in total. The van der Waals surface area contributed by atoms with Crippen LogP contribution in [-0.2, 0) is 9.53 Å². The summed E-state index contributed by atoms with van der Waals surface area (Å²) in [7, 11) is 0. The van der Waals surface area contributed by atoms with E-state index >= 15 is 0 Å². The first-order valence-corrected chi connectivity index (χ1v) is 4.35. The van der Waals surface area contributed by atoms with E-state index in [9.17, 15) is 4.79 Å². The number of amides is 1. The maximum Gasteiger partial charge on any atom is 0.209 e. The molecule has 0 aliphatic carbocycles. The molecule has 12 heavy (non-hydrogen) atoms. The number of carbonyl (C=O) groups is 1. The topological polar surface area (TPSA) is 29.5 Å². The van der Waals surface area contributed by atoms with Gasteiger partial charge in [-0.2, -0.15) is 0 Å². The predicted octanol–water partition coefficient (Wildman–Crippen LogP) is 0.890. The summed E-state index contributed by atoms with van der Waals surface area (Å²) in [6.07, 6.45) is 1.08. The van der Waals surface area contributed by atoms with Crippen LogP contribution >= 0.6 is 0 Å². The van der Waals surface area contributed by atoms with Crippen molar-refractivity contribution in [1.82, 2.24) is 4.90 Å². The van der Waals surface area contributed by atoms with Crippen molar-refractivity contribution in [2.45, 2.75) is 26.9 Å². The number of hydrogen-bond acceptors (Lipinski definition) is 2. The lowest BCUT2D eigenvalue weighted by molar-refractivity contribution is -0.130. The molecule has 1 heterocycles. The molecule has 1 amide bonds. The lowest BCUT2D eigenvalue weighted by Crippen LogP contribution is -2.47. The summed E-state index contributed by atoms with van der Waals surface area (Å²) in [4.78, 5) is 12.3. The van der Waals surface area contributed by atoms with E-state index in [2.05, 4.69) is 20.8 Å². The van der Waals surface area contributed by atoms with E-state index in [1.54, 1.807) is 4.90 Å². The van der Waals surface area contributed by atoms with Crippen LogP contribution < -0.4 is 0 Å². The summed E-state index contributed by atoms with van der Waals surface area (Å²) in [6.45, 7) is 8.52. The molecule has 0 bridgehead atoms. The van der Waals surface area contributed by atoms with Crippen molar-refractivity contribution in [2.24, 2.45) is 5.41 Å². The fourth-order valence-corrected chi connectivity index (χ4v) is 1.29. The van der Waals surface area contributed by atoms with Crippen molar-refractivity contribution in [3.63, 3.8) is 0 Å². The maximum atomic E-state index is 10.5. The number of rotatable bonds is 1. The van der Waals surface area contributed by atoms with Gasteiger partial charge in [0.1, 0.15) is 0 Å². The molecule has 3 nitrogen and oxygen atoms in total. The lowest BCUT2D eigenvalue weighted by Gasteiger charge is -2.37. The smallest absolute Gasteiger partial charge is 0.209 e. The van der Waals surface area contributed by atoms with Crippen LogP contribution in [0.5, 0.6) is 0 Å². The number of hydrogen-bond donors (Lipinski definition) is 0. The third-order valence-electron chi connectivity index (χ3n) is 2.21. The maximum absolute atomic E-state index is 10.5. The molecule has 0 aromatic carbocycles. The minimum Gasteiger partial charge on any atom is -0.374 e. The van der Waals surface area contributed by atoms with Crippen LogP contribution in [0.25, 0.3) is 0 Å². The lowest BCUT2D eigenvalue weighted by atomic mass is 9.88. The molecule has 0 saturated carbocycles. The van der Waals surface area contributed by atoms with Gasteiger partial charge in [-0.1, -0.05) is 20.8 Å². The molecule has 1 fully saturated rings. The van der Waals surface area contributed by atoms with Gasteiger partial charge in [-0.3, -0.25) is 4.79 Å². The Morgan fingerprint density at radius 1 is 1.50 bits per heavy atom. The van der Waals surface area contributed by atoms with Gasteiger partial charge in [-0.05, 0) is 5.41 Å². The standard InChI is InChI=1S/C9H17NO2/c1-9(2,3)8-6-10(7-11)4-5-12-8/h7-8H,4-6H2,1-3H3. The molecule has 0 spiro atoms. The minimum atomic E-state index is 0.127. The van der Waals surface area contributed by atoms with Crippen molar-refractivity contribution in [3.8, 4) is 0 Å². The summed E-state index contributed by atoms with van der Waals surface area (Å²) in [5.41, 5.74) is 0.127. The van der Waals surface area contributed by atoms with Crippen LogP contribution in [0, 0.1) is 5.41 Å². The van der Waals surface area contributed by atoms with Gasteiger partial charge in [0.25, 0.3) is 0 Å². The van der Waals surface area contributed by atoms with Crippen LogP contribution in [0.3, 0.4) is 0 Å². The zero-order chi connectivity index (χ0) is 9.19. The summed E-state index contributed by atoms with van der Waals surface area (Å²) >= 11 is 0. The molecule has 1 atom stereocenters. The second kappa shape index (κ2) is 3.44. The fourth-order valence-electron chi connectivity index (χ4n) is 1.29. The largest absolute Gasteiger partial charge is 0.374 e. The first-order valence-electron chi connectivity index (χ1n) is 4.35. The molecule has 1 aliphatic heterocycles. The van der Waals surface area contributed by atoms with E-state index in [-0.39, 0.29) is 11.5 Å². The molecule has 0 aromatic rings. The first-order chi connectivity index (χ1) is 5.54. The molecule has 3 heteroatoms. The molecule has 70 valence electrons. The summed E-state index contributed by atoms with van der Waals surface area (Å²) in [5, 5.41) is 0. The Hall–Kier alpha value is -0.570. The average molecular weight is 171 g/mol. The Kier molecular flexibility index (Phi) is 2.73. The van der Waals surface area contributed by atoms with Gasteiger partial charge in [0, 0.05) is 13.1 Å². The van der Waals surface area contributed by atoms with Crippen LogP contribution in [-0.4, -0.2) is 37.1 Å². The van der Waals surface area contributed by atoms with E-state index in [0.29, 0.717) is 6.61 Å². The highest BCUT2D eigenvalue weighted by Gasteiger charge is 2.29. The molecule has 1 rings (SSSR count). The van der Waals surface area contributed by atoms with E-state index in [0.717, 1.165) is 19.5 Å². The van der Waals surface area contributed by atoms with E-state index < -0.39 is 0 Å². The molecular formula is C9H17NO2. The SMILES string of the molecule is CC(C)(C)C1CN(C=O)CCO1. The Bertz CT molecular complexity index is 162. The third-order valence-corrected chi connectivity index (χ3v) is 2.21. The van der Waals surface area contributed by atoms with Crippen molar-refractivity contribution in [1.29, 1.82) is 0 Å². The zero-order valence-electron chi connectivity index (χ0n) is 8.04. The van der Waals surface area contributed by atoms with Crippen LogP contribution in [0.15, 0.2) is 0 Å². The van der Waals surface area contributed by atoms with E-state index in [1.807, 2.05) is 0 Å². The molecule has 1 unspecified atom stereocenters. The average Bonchev–Trinajstić information content (AvgIpc) is 2.03. The van der Waals surface area contributed by atoms with Gasteiger partial charge in [0.05, 0.1) is 12.7 Å². The third kappa shape index (κ3) is 2.21. The highest BCUT2D eigenvalue weighted by molar-refractivity contribution is 5.47. The molecule has 0 radical (unpaired) electrons. The van der Waals surface area contributed by atoms with Crippen LogP contribution in [0.1, 0.15) is 20.8 Å². The Morgan fingerprint density at radius 2 is 2.17 bits per heavy atom. The Balaban J connectivity index is 2.51. The van der Waals surface area contributed by atoms with Gasteiger partial charge in [-0.15, -0.1) is 0 Å². The summed E-state index contributed by atoms with van der Waals surface area (Å²) < 4.78 is 5.57. The quantitative estimate of drug-likeness (QED) is 0.548. The number of nitrogens with zero attached hydrogens (tertiary/aromatic N) is 1. The summed E-state index contributed by atoms with van der Waals surface area (Å²) in [6, 6.07) is 0. The van der Waals surface area contributed by atoms with Crippen molar-refractivity contribution in [3.05, 3.63) is 0 Å². The normalized spacial score (nSPS) is 25.6. The Labute approximate surface area is 73.7 Å². The summed E-state index contributed by atoms with van der Waals surface area (Å²) in [5.74, 6) is 0. The highest BCUT2D eigenvalue weighted by Crippen LogP contribution is 2.24. The highest BCUT2D eigenvalue weighted by atomic mass is 16.5. The fraction of sp³-hybridized carbons (Fsp3) is 0.889. The minimum absolute atomic E-state index is 0.127. The number of morpholine rings is 1. The Morgan fingerprint density at radius 3 is 2.67 bits per heavy atom. The van der Waals surface area contributed by atoms with Crippen LogP contribution in [0.2, 0.25) is 0 Å². The van der Waals surface area contributed by atoms with Gasteiger partial charge in [-0.25, -0.2) is 0 Å². The monoisotopic (exact) mass is 171 g/mol. The first kappa shape index (κ1) is 9.52. The second-order valence-electron chi connectivity index (χ2n) is 4.33. The van der Waals surface area contributed by atoms with Crippen molar-refractivity contribution >= 4 is 6.41 Å². The van der Waals surface area contributed by atoms with E-state index in [1.165, 1.54) is 0 Å². The number of carbonyl (C=O) groups excluding carboxylic acids is 1. The predicted molar refractivity (Wildman–Crippen MR) is 46.8 cm³/mol. The van der Waals surface area contributed by atoms with Gasteiger partial charge < -0.3 is 9.64 Å². The van der Waals surface area contributed by atoms with Crippen molar-refractivity contribution < 1.29 is 9.53 Å². The molecule has 0 aromatic heterocycles.